The third-order valence-electron chi connectivity index (χ3n) is 4.02. The number of aryl methyl sites for hydroxylation is 1. The number of thioether (sulfide) groups is 1. The number of halogens is 3. The van der Waals surface area contributed by atoms with E-state index in [1.165, 1.54) is 0 Å². The summed E-state index contributed by atoms with van der Waals surface area (Å²) in [6.45, 7) is 5.69. The number of amides is 1. The highest BCUT2D eigenvalue weighted by Gasteiger charge is 2.28. The van der Waals surface area contributed by atoms with Crippen LogP contribution in [0, 0.1) is 6.92 Å². The average molecular weight is 408 g/mol. The van der Waals surface area contributed by atoms with Crippen LogP contribution in [0.2, 0.25) is 0 Å². The van der Waals surface area contributed by atoms with Gasteiger partial charge in [-0.1, -0.05) is 12.1 Å². The molecule has 3 aromatic rings. The molecule has 3 rings (SSSR count). The van der Waals surface area contributed by atoms with Gasteiger partial charge in [-0.25, -0.2) is 9.67 Å². The van der Waals surface area contributed by atoms with Gasteiger partial charge in [-0.3, -0.25) is 4.79 Å². The number of pyridine rings is 1. The number of fused-ring (bicyclic) bond motifs is 1. The minimum atomic E-state index is -4.29. The van der Waals surface area contributed by atoms with Crippen LogP contribution in [0.4, 0.5) is 18.9 Å². The Labute approximate surface area is 164 Å². The molecule has 0 spiro atoms. The molecule has 1 amide bonds. The third kappa shape index (κ3) is 4.46. The number of para-hydroxylation sites is 1. The second kappa shape index (κ2) is 7.83. The highest BCUT2D eigenvalue weighted by molar-refractivity contribution is 7.99. The van der Waals surface area contributed by atoms with E-state index in [0.29, 0.717) is 39.2 Å². The van der Waals surface area contributed by atoms with E-state index in [9.17, 15) is 18.0 Å². The minimum absolute atomic E-state index is 0.126. The van der Waals surface area contributed by atoms with Crippen molar-refractivity contribution in [3.8, 4) is 0 Å². The van der Waals surface area contributed by atoms with Crippen molar-refractivity contribution in [3.63, 3.8) is 0 Å². The Kier molecular flexibility index (Phi) is 5.64. The third-order valence-corrected chi connectivity index (χ3v) is 5.16. The Morgan fingerprint density at radius 2 is 2.00 bits per heavy atom. The molecule has 9 heteroatoms. The molecule has 2 heterocycles. The number of hydrogen-bond acceptors (Lipinski definition) is 4. The number of alkyl halides is 3. The lowest BCUT2D eigenvalue weighted by atomic mass is 10.1. The summed E-state index contributed by atoms with van der Waals surface area (Å²) in [4.78, 5) is 17.6. The lowest BCUT2D eigenvalue weighted by Gasteiger charge is -2.13. The smallest absolute Gasteiger partial charge is 0.321 e. The summed E-state index contributed by atoms with van der Waals surface area (Å²) in [6.07, 6.45) is -2.64. The molecule has 5 nitrogen and oxygen atoms in total. The molecule has 148 valence electrons. The van der Waals surface area contributed by atoms with Crippen LogP contribution in [0.3, 0.4) is 0 Å². The Morgan fingerprint density at radius 1 is 1.29 bits per heavy atom. The van der Waals surface area contributed by atoms with Crippen molar-refractivity contribution in [2.75, 3.05) is 11.1 Å². The predicted octanol–water partition coefficient (Wildman–Crippen LogP) is 5.23. The van der Waals surface area contributed by atoms with Crippen LogP contribution in [0.25, 0.3) is 11.0 Å². The summed E-state index contributed by atoms with van der Waals surface area (Å²) in [6, 6.07) is 8.25. The summed E-state index contributed by atoms with van der Waals surface area (Å²) in [5.41, 5.74) is 1.89. The van der Waals surface area contributed by atoms with Crippen LogP contribution in [-0.4, -0.2) is 32.6 Å². The fourth-order valence-corrected chi connectivity index (χ4v) is 3.49. The van der Waals surface area contributed by atoms with E-state index in [1.54, 1.807) is 48.1 Å². The summed E-state index contributed by atoms with van der Waals surface area (Å²) < 4.78 is 39.4. The molecule has 0 radical (unpaired) electrons. The van der Waals surface area contributed by atoms with Gasteiger partial charge in [0.2, 0.25) is 0 Å². The van der Waals surface area contributed by atoms with Gasteiger partial charge >= 0.3 is 6.18 Å². The largest absolute Gasteiger partial charge is 0.398 e. The number of carbonyl (C=O) groups is 1. The molecule has 0 bridgehead atoms. The topological polar surface area (TPSA) is 59.8 Å². The van der Waals surface area contributed by atoms with Gasteiger partial charge in [-0.05, 0) is 39.0 Å². The number of nitrogens with zero attached hydrogens (tertiary/aromatic N) is 3. The predicted molar refractivity (Wildman–Crippen MR) is 104 cm³/mol. The highest BCUT2D eigenvalue weighted by atomic mass is 32.2. The SMILES string of the molecule is Cc1nc2c(cnn2C(C)C)cc1C(=O)Nc1ccccc1SCC(F)(F)F. The second-order valence-corrected chi connectivity index (χ2v) is 7.59. The van der Waals surface area contributed by atoms with Gasteiger partial charge < -0.3 is 5.32 Å². The zero-order chi connectivity index (χ0) is 20.5. The second-order valence-electron chi connectivity index (χ2n) is 6.57. The standard InChI is InChI=1S/C19H19F3N4OS/c1-11(2)26-17-13(9-23-26)8-14(12(3)24-17)18(27)25-15-6-4-5-7-16(15)28-10-19(20,21)22/h4-9,11H,10H2,1-3H3,(H,25,27). The Hall–Kier alpha value is -2.55. The number of carbonyl (C=O) groups excluding carboxylic acids is 1. The van der Waals surface area contributed by atoms with Crippen molar-refractivity contribution in [1.29, 1.82) is 0 Å². The lowest BCUT2D eigenvalue weighted by Crippen LogP contribution is -2.16. The molecule has 0 fully saturated rings. The average Bonchev–Trinajstić information content (AvgIpc) is 3.02. The molecule has 0 aliphatic rings. The molecule has 0 saturated heterocycles. The fourth-order valence-electron chi connectivity index (χ4n) is 2.72. The molecule has 28 heavy (non-hydrogen) atoms. The van der Waals surface area contributed by atoms with E-state index >= 15 is 0 Å². The van der Waals surface area contributed by atoms with E-state index < -0.39 is 17.8 Å². The van der Waals surface area contributed by atoms with Crippen LogP contribution in [0.1, 0.15) is 35.9 Å². The van der Waals surface area contributed by atoms with Gasteiger partial charge in [0.1, 0.15) is 0 Å². The zero-order valence-corrected chi connectivity index (χ0v) is 16.4. The molecule has 1 aromatic carbocycles. The van der Waals surface area contributed by atoms with Gasteiger partial charge in [0.05, 0.1) is 28.9 Å². The monoisotopic (exact) mass is 408 g/mol. The number of nitrogens with one attached hydrogen (secondary N) is 1. The first-order valence-corrected chi connectivity index (χ1v) is 9.59. The molecular weight excluding hydrogens is 389 g/mol. The number of hydrogen-bond donors (Lipinski definition) is 1. The van der Waals surface area contributed by atoms with Gasteiger partial charge in [-0.2, -0.15) is 18.3 Å². The van der Waals surface area contributed by atoms with Crippen LogP contribution in [0.15, 0.2) is 41.4 Å². The number of benzene rings is 1. The summed E-state index contributed by atoms with van der Waals surface area (Å²) in [7, 11) is 0. The Bertz CT molecular complexity index is 1010. The quantitative estimate of drug-likeness (QED) is 0.588. The van der Waals surface area contributed by atoms with Crippen molar-refractivity contribution in [2.24, 2.45) is 0 Å². The molecule has 1 N–H and O–H groups in total. The van der Waals surface area contributed by atoms with Gasteiger partial charge in [0, 0.05) is 16.3 Å². The number of rotatable bonds is 5. The number of aromatic nitrogens is 3. The van der Waals surface area contributed by atoms with Gasteiger partial charge in [0.15, 0.2) is 5.65 Å². The first-order chi connectivity index (χ1) is 13.2. The molecule has 2 aromatic heterocycles. The van der Waals surface area contributed by atoms with Gasteiger partial charge in [-0.15, -0.1) is 11.8 Å². The lowest BCUT2D eigenvalue weighted by molar-refractivity contribution is -0.105. The minimum Gasteiger partial charge on any atom is -0.321 e. The van der Waals surface area contributed by atoms with Crippen molar-refractivity contribution in [1.82, 2.24) is 14.8 Å². The van der Waals surface area contributed by atoms with Crippen LogP contribution in [-0.2, 0) is 0 Å². The first kappa shape index (κ1) is 20.2. The van der Waals surface area contributed by atoms with E-state index in [4.69, 9.17) is 0 Å². The van der Waals surface area contributed by atoms with Crippen LogP contribution < -0.4 is 5.32 Å². The van der Waals surface area contributed by atoms with Crippen LogP contribution >= 0.6 is 11.8 Å². The summed E-state index contributed by atoms with van der Waals surface area (Å²) >= 11 is 0.636. The fraction of sp³-hybridized carbons (Fsp3) is 0.316. The Morgan fingerprint density at radius 3 is 2.68 bits per heavy atom. The maximum atomic E-state index is 12.8. The van der Waals surface area contributed by atoms with Gasteiger partial charge in [0.25, 0.3) is 5.91 Å². The molecule has 0 unspecified atom stereocenters. The molecular formula is C19H19F3N4OS. The summed E-state index contributed by atoms with van der Waals surface area (Å²) in [5, 5.41) is 7.72. The maximum Gasteiger partial charge on any atom is 0.398 e. The van der Waals surface area contributed by atoms with Crippen molar-refractivity contribution in [3.05, 3.63) is 47.8 Å². The maximum absolute atomic E-state index is 12.8. The van der Waals surface area contributed by atoms with Crippen molar-refractivity contribution >= 4 is 34.4 Å². The van der Waals surface area contributed by atoms with Crippen molar-refractivity contribution < 1.29 is 18.0 Å². The number of anilines is 1. The molecule has 0 aliphatic heterocycles. The highest BCUT2D eigenvalue weighted by Crippen LogP contribution is 2.32. The van der Waals surface area contributed by atoms with E-state index in [-0.39, 0.29) is 6.04 Å². The van der Waals surface area contributed by atoms with Crippen molar-refractivity contribution in [2.45, 2.75) is 37.9 Å². The molecule has 0 aliphatic carbocycles. The zero-order valence-electron chi connectivity index (χ0n) is 15.5. The van der Waals surface area contributed by atoms with E-state index in [1.807, 2.05) is 13.8 Å². The molecule has 0 saturated carbocycles. The molecule has 0 atom stereocenters. The normalized spacial score (nSPS) is 12.0. The summed E-state index contributed by atoms with van der Waals surface area (Å²) in [5.74, 6) is -1.45. The Balaban J connectivity index is 1.87. The van der Waals surface area contributed by atoms with E-state index in [2.05, 4.69) is 15.4 Å². The van der Waals surface area contributed by atoms with Crippen LogP contribution in [0.5, 0.6) is 0 Å². The van der Waals surface area contributed by atoms with E-state index in [0.717, 1.165) is 5.39 Å². The first-order valence-electron chi connectivity index (χ1n) is 8.60.